The lowest BCUT2D eigenvalue weighted by Gasteiger charge is -2.12. The predicted molar refractivity (Wildman–Crippen MR) is 77.6 cm³/mol. The molecule has 0 heterocycles. The van der Waals surface area contributed by atoms with Crippen LogP contribution < -0.4 is 5.32 Å². The van der Waals surface area contributed by atoms with Gasteiger partial charge in [0, 0.05) is 11.8 Å². The Morgan fingerprint density at radius 3 is 2.50 bits per heavy atom. The number of alkyl carbamates (subject to hydrolysis) is 1. The summed E-state index contributed by atoms with van der Waals surface area (Å²) in [6.45, 7) is 1.57. The second-order valence-corrected chi connectivity index (χ2v) is 4.95. The average Bonchev–Trinajstić information content (AvgIpc) is 2.45. The van der Waals surface area contributed by atoms with Gasteiger partial charge in [0.25, 0.3) is 0 Å². The number of benzene rings is 1. The number of Topliss-reactive ketones (excluding diaryl/α,β-unsaturated/α-hetero) is 2. The van der Waals surface area contributed by atoms with Crippen LogP contribution in [0.25, 0.3) is 0 Å². The molecule has 0 saturated heterocycles. The van der Waals surface area contributed by atoms with E-state index >= 15 is 0 Å². The van der Waals surface area contributed by atoms with Crippen molar-refractivity contribution in [2.24, 2.45) is 0 Å². The van der Waals surface area contributed by atoms with Crippen molar-refractivity contribution in [2.75, 3.05) is 5.33 Å². The fraction of sp³-hybridized carbons (Fsp3) is 0.357. The predicted octanol–water partition coefficient (Wildman–Crippen LogP) is 2.22. The molecule has 108 valence electrons. The molecule has 0 radical (unpaired) electrons. The molecule has 0 fully saturated rings. The Kier molecular flexibility index (Phi) is 6.93. The zero-order valence-electron chi connectivity index (χ0n) is 11.1. The summed E-state index contributed by atoms with van der Waals surface area (Å²) in [5.41, 5.74) is 0.844. The molecule has 1 aromatic rings. The van der Waals surface area contributed by atoms with E-state index in [0.717, 1.165) is 5.56 Å². The lowest BCUT2D eigenvalue weighted by Crippen LogP contribution is -2.42. The Labute approximate surface area is 125 Å². The molecule has 0 aliphatic heterocycles. The van der Waals surface area contributed by atoms with Crippen LogP contribution >= 0.6 is 15.9 Å². The summed E-state index contributed by atoms with van der Waals surface area (Å²) in [6, 6.07) is 8.29. The van der Waals surface area contributed by atoms with Gasteiger partial charge in [-0.3, -0.25) is 9.59 Å². The SMILES string of the molecule is CC(NC(=O)OCc1ccccc1)C(=O)C(=O)CCBr. The maximum absolute atomic E-state index is 11.6. The molecule has 1 amide bonds. The number of hydrogen-bond donors (Lipinski definition) is 1. The highest BCUT2D eigenvalue weighted by molar-refractivity contribution is 9.09. The quantitative estimate of drug-likeness (QED) is 0.609. The van der Waals surface area contributed by atoms with Crippen LogP contribution in [0.3, 0.4) is 0 Å². The molecular weight excluding hydrogens is 326 g/mol. The van der Waals surface area contributed by atoms with Crippen LogP contribution in [0, 0.1) is 0 Å². The Morgan fingerprint density at radius 2 is 1.90 bits per heavy atom. The first-order valence-electron chi connectivity index (χ1n) is 6.14. The van der Waals surface area contributed by atoms with Crippen molar-refractivity contribution in [3.8, 4) is 0 Å². The number of carbonyl (C=O) groups excluding carboxylic acids is 3. The van der Waals surface area contributed by atoms with Gasteiger partial charge in [-0.1, -0.05) is 46.3 Å². The van der Waals surface area contributed by atoms with Gasteiger partial charge in [-0.05, 0) is 12.5 Å². The van der Waals surface area contributed by atoms with Crippen LogP contribution in [0.1, 0.15) is 18.9 Å². The molecule has 0 aliphatic rings. The molecule has 20 heavy (non-hydrogen) atoms. The zero-order chi connectivity index (χ0) is 15.0. The van der Waals surface area contributed by atoms with E-state index in [1.807, 2.05) is 30.3 Å². The molecule has 5 nitrogen and oxygen atoms in total. The summed E-state index contributed by atoms with van der Waals surface area (Å²) in [5.74, 6) is -1.14. The molecule has 0 spiro atoms. The van der Waals surface area contributed by atoms with E-state index in [2.05, 4.69) is 21.2 Å². The van der Waals surface area contributed by atoms with Crippen molar-refractivity contribution in [3.05, 3.63) is 35.9 Å². The largest absolute Gasteiger partial charge is 0.445 e. The highest BCUT2D eigenvalue weighted by Gasteiger charge is 2.22. The average molecular weight is 342 g/mol. The second-order valence-electron chi connectivity index (χ2n) is 4.15. The fourth-order valence-electron chi connectivity index (χ4n) is 1.46. The number of alkyl halides is 1. The van der Waals surface area contributed by atoms with Crippen molar-refractivity contribution >= 4 is 33.6 Å². The Morgan fingerprint density at radius 1 is 1.25 bits per heavy atom. The van der Waals surface area contributed by atoms with E-state index in [1.54, 1.807) is 0 Å². The minimum atomic E-state index is -0.884. The van der Waals surface area contributed by atoms with Gasteiger partial charge in [0.2, 0.25) is 11.6 Å². The summed E-state index contributed by atoms with van der Waals surface area (Å²) < 4.78 is 4.97. The third-order valence-corrected chi connectivity index (χ3v) is 2.93. The molecule has 1 atom stereocenters. The van der Waals surface area contributed by atoms with E-state index in [9.17, 15) is 14.4 Å². The van der Waals surface area contributed by atoms with Crippen LogP contribution in [0.4, 0.5) is 4.79 Å². The zero-order valence-corrected chi connectivity index (χ0v) is 12.7. The minimum Gasteiger partial charge on any atom is -0.445 e. The summed E-state index contributed by atoms with van der Waals surface area (Å²) in [5, 5.41) is 2.76. The van der Waals surface area contributed by atoms with Gasteiger partial charge < -0.3 is 10.1 Å². The molecule has 1 aromatic carbocycles. The number of carbonyl (C=O) groups is 3. The number of halogens is 1. The van der Waals surface area contributed by atoms with Gasteiger partial charge in [-0.2, -0.15) is 0 Å². The third kappa shape index (κ3) is 5.52. The first kappa shape index (κ1) is 16.4. The van der Waals surface area contributed by atoms with Gasteiger partial charge in [-0.25, -0.2) is 4.79 Å². The van der Waals surface area contributed by atoms with E-state index in [4.69, 9.17) is 4.74 Å². The maximum Gasteiger partial charge on any atom is 0.408 e. The van der Waals surface area contributed by atoms with Crippen LogP contribution in [-0.2, 0) is 20.9 Å². The summed E-state index contributed by atoms with van der Waals surface area (Å²) in [6.07, 6.45) is -0.606. The Balaban J connectivity index is 2.38. The summed E-state index contributed by atoms with van der Waals surface area (Å²) in [7, 11) is 0. The number of ether oxygens (including phenoxy) is 1. The van der Waals surface area contributed by atoms with Gasteiger partial charge in [0.15, 0.2) is 0 Å². The molecule has 0 saturated carbocycles. The maximum atomic E-state index is 11.6. The smallest absolute Gasteiger partial charge is 0.408 e. The Bertz CT molecular complexity index is 475. The molecule has 1 unspecified atom stereocenters. The lowest BCUT2D eigenvalue weighted by molar-refractivity contribution is -0.137. The van der Waals surface area contributed by atoms with Gasteiger partial charge in [-0.15, -0.1) is 0 Å². The van der Waals surface area contributed by atoms with Crippen molar-refractivity contribution in [1.29, 1.82) is 0 Å². The summed E-state index contributed by atoms with van der Waals surface area (Å²) in [4.78, 5) is 34.5. The van der Waals surface area contributed by atoms with E-state index in [1.165, 1.54) is 6.92 Å². The molecule has 6 heteroatoms. The molecule has 0 aliphatic carbocycles. The van der Waals surface area contributed by atoms with Crippen LogP contribution in [0.15, 0.2) is 30.3 Å². The number of amides is 1. The third-order valence-electron chi connectivity index (χ3n) is 2.54. The monoisotopic (exact) mass is 341 g/mol. The first-order chi connectivity index (χ1) is 9.54. The van der Waals surface area contributed by atoms with E-state index < -0.39 is 23.7 Å². The standard InChI is InChI=1S/C14H16BrNO4/c1-10(13(18)12(17)7-8-15)16-14(19)20-9-11-5-3-2-4-6-11/h2-6,10H,7-9H2,1H3,(H,16,19). The van der Waals surface area contributed by atoms with Crippen LogP contribution in [0.5, 0.6) is 0 Å². The van der Waals surface area contributed by atoms with Crippen molar-refractivity contribution < 1.29 is 19.1 Å². The van der Waals surface area contributed by atoms with Gasteiger partial charge in [0.05, 0.1) is 6.04 Å². The molecular formula is C14H16BrNO4. The lowest BCUT2D eigenvalue weighted by atomic mass is 10.1. The fourth-order valence-corrected chi connectivity index (χ4v) is 1.82. The van der Waals surface area contributed by atoms with Crippen molar-refractivity contribution in [1.82, 2.24) is 5.32 Å². The highest BCUT2D eigenvalue weighted by atomic mass is 79.9. The van der Waals surface area contributed by atoms with Crippen molar-refractivity contribution in [2.45, 2.75) is 26.0 Å². The Hall–Kier alpha value is -1.69. The normalized spacial score (nSPS) is 11.5. The molecule has 0 aromatic heterocycles. The van der Waals surface area contributed by atoms with Crippen LogP contribution in [-0.4, -0.2) is 29.0 Å². The number of hydrogen-bond acceptors (Lipinski definition) is 4. The number of rotatable bonds is 7. The summed E-state index contributed by atoms with van der Waals surface area (Å²) >= 11 is 3.08. The number of nitrogens with one attached hydrogen (secondary N) is 1. The topological polar surface area (TPSA) is 72.5 Å². The second kappa shape index (κ2) is 8.47. The highest BCUT2D eigenvalue weighted by Crippen LogP contribution is 2.01. The van der Waals surface area contributed by atoms with Gasteiger partial charge >= 0.3 is 6.09 Å². The van der Waals surface area contributed by atoms with Gasteiger partial charge in [0.1, 0.15) is 6.61 Å². The van der Waals surface area contributed by atoms with E-state index in [0.29, 0.717) is 5.33 Å². The van der Waals surface area contributed by atoms with Crippen LogP contribution in [0.2, 0.25) is 0 Å². The molecule has 0 bridgehead atoms. The minimum absolute atomic E-state index is 0.114. The van der Waals surface area contributed by atoms with E-state index in [-0.39, 0.29) is 13.0 Å². The first-order valence-corrected chi connectivity index (χ1v) is 7.27. The molecule has 1 rings (SSSR count). The van der Waals surface area contributed by atoms with Crippen molar-refractivity contribution in [3.63, 3.8) is 0 Å². The number of ketones is 2. The molecule has 1 N–H and O–H groups in total.